The van der Waals surface area contributed by atoms with Crippen LogP contribution in [0, 0.1) is 11.8 Å². The van der Waals surface area contributed by atoms with Crippen LogP contribution in [-0.2, 0) is 23.2 Å². The predicted octanol–water partition coefficient (Wildman–Crippen LogP) is 3.92. The summed E-state index contributed by atoms with van der Waals surface area (Å²) in [6.07, 6.45) is 0.907. The highest BCUT2D eigenvalue weighted by atomic mass is 16.2. The summed E-state index contributed by atoms with van der Waals surface area (Å²) in [6.45, 7) is 7.96. The van der Waals surface area contributed by atoms with Crippen molar-refractivity contribution in [3.05, 3.63) is 70.8 Å². The molecule has 0 unspecified atom stereocenters. The van der Waals surface area contributed by atoms with Gasteiger partial charge >= 0.3 is 0 Å². The van der Waals surface area contributed by atoms with Crippen molar-refractivity contribution < 1.29 is 4.79 Å². The zero-order chi connectivity index (χ0) is 17.2. The van der Waals surface area contributed by atoms with Gasteiger partial charge < -0.3 is 4.90 Å². The van der Waals surface area contributed by atoms with Crippen molar-refractivity contribution in [3.8, 4) is 11.8 Å². The maximum Gasteiger partial charge on any atom is 0.299 e. The van der Waals surface area contributed by atoms with Gasteiger partial charge in [-0.2, -0.15) is 0 Å². The zero-order valence-corrected chi connectivity index (χ0v) is 14.6. The summed E-state index contributed by atoms with van der Waals surface area (Å²) in [5.41, 5.74) is 4.85. The van der Waals surface area contributed by atoms with Gasteiger partial charge in [0.15, 0.2) is 0 Å². The first-order valence-electron chi connectivity index (χ1n) is 8.42. The van der Waals surface area contributed by atoms with Crippen LogP contribution in [0.4, 0.5) is 0 Å². The van der Waals surface area contributed by atoms with Crippen molar-refractivity contribution in [2.75, 3.05) is 6.54 Å². The van der Waals surface area contributed by atoms with E-state index in [0.29, 0.717) is 6.54 Å². The maximum absolute atomic E-state index is 12.4. The molecule has 3 rings (SSSR count). The van der Waals surface area contributed by atoms with E-state index < -0.39 is 0 Å². The fourth-order valence-electron chi connectivity index (χ4n) is 2.93. The van der Waals surface area contributed by atoms with Crippen LogP contribution in [0.25, 0.3) is 0 Å². The van der Waals surface area contributed by atoms with E-state index in [4.69, 9.17) is 0 Å². The summed E-state index contributed by atoms with van der Waals surface area (Å²) < 4.78 is 0. The van der Waals surface area contributed by atoms with E-state index >= 15 is 0 Å². The predicted molar refractivity (Wildman–Crippen MR) is 97.6 cm³/mol. The lowest BCUT2D eigenvalue weighted by molar-refractivity contribution is -0.125. The number of nitrogens with zero attached hydrogens (tertiary/aromatic N) is 1. The number of hydrogen-bond acceptors (Lipinski definition) is 1. The van der Waals surface area contributed by atoms with E-state index in [1.807, 2.05) is 23.1 Å². The van der Waals surface area contributed by atoms with Gasteiger partial charge in [0.2, 0.25) is 0 Å². The first-order chi connectivity index (χ1) is 11.4. The highest BCUT2D eigenvalue weighted by Gasteiger charge is 2.18. The Morgan fingerprint density at radius 2 is 1.67 bits per heavy atom. The Kier molecular flexibility index (Phi) is 4.44. The Bertz CT molecular complexity index is 800. The number of rotatable bonds is 0. The van der Waals surface area contributed by atoms with Crippen LogP contribution >= 0.6 is 0 Å². The summed E-state index contributed by atoms with van der Waals surface area (Å²) >= 11 is 0. The first-order valence-corrected chi connectivity index (χ1v) is 8.42. The molecule has 0 aliphatic carbocycles. The molecule has 0 radical (unpaired) electrons. The number of fused-ring (bicyclic) bond motifs is 1. The lowest BCUT2D eigenvalue weighted by Gasteiger charge is -2.27. The van der Waals surface area contributed by atoms with Crippen LogP contribution in [0.3, 0.4) is 0 Å². The third-order valence-corrected chi connectivity index (χ3v) is 4.48. The molecule has 1 amide bonds. The Morgan fingerprint density at radius 1 is 1.00 bits per heavy atom. The molecule has 1 aliphatic heterocycles. The van der Waals surface area contributed by atoms with Gasteiger partial charge in [-0.3, -0.25) is 4.79 Å². The molecule has 0 aromatic heterocycles. The van der Waals surface area contributed by atoms with Gasteiger partial charge in [-0.15, -0.1) is 0 Å². The molecule has 0 saturated heterocycles. The van der Waals surface area contributed by atoms with Crippen molar-refractivity contribution in [2.45, 2.75) is 39.2 Å². The van der Waals surface area contributed by atoms with Crippen molar-refractivity contribution in [1.29, 1.82) is 0 Å². The first kappa shape index (κ1) is 16.3. The molecule has 0 bridgehead atoms. The Morgan fingerprint density at radius 3 is 2.33 bits per heavy atom. The topological polar surface area (TPSA) is 20.3 Å². The van der Waals surface area contributed by atoms with E-state index in [-0.39, 0.29) is 11.3 Å². The molecule has 0 spiro atoms. The van der Waals surface area contributed by atoms with Crippen molar-refractivity contribution in [1.82, 2.24) is 4.90 Å². The summed E-state index contributed by atoms with van der Waals surface area (Å²) in [5.74, 6) is 5.70. The number of hydrogen-bond donors (Lipinski definition) is 0. The molecule has 0 atom stereocenters. The van der Waals surface area contributed by atoms with Gasteiger partial charge in [0.25, 0.3) is 5.91 Å². The van der Waals surface area contributed by atoms with Gasteiger partial charge in [-0.1, -0.05) is 63.1 Å². The lowest BCUT2D eigenvalue weighted by atomic mass is 9.87. The summed E-state index contributed by atoms with van der Waals surface area (Å²) in [5, 5.41) is 0. The summed E-state index contributed by atoms with van der Waals surface area (Å²) in [6, 6.07) is 16.5. The number of benzene rings is 2. The molecule has 24 heavy (non-hydrogen) atoms. The Labute approximate surface area is 144 Å². The fraction of sp³-hybridized carbons (Fsp3) is 0.318. The Balaban J connectivity index is 1.69. The molecular weight excluding hydrogens is 294 g/mol. The second-order valence-electron chi connectivity index (χ2n) is 7.32. The highest BCUT2D eigenvalue weighted by Crippen LogP contribution is 2.22. The number of carbonyl (C=O) groups is 1. The van der Waals surface area contributed by atoms with Crippen molar-refractivity contribution in [3.63, 3.8) is 0 Å². The zero-order valence-electron chi connectivity index (χ0n) is 14.6. The minimum atomic E-state index is -0.0931. The second kappa shape index (κ2) is 6.53. The normalized spacial score (nSPS) is 13.7. The van der Waals surface area contributed by atoms with Crippen LogP contribution in [0.1, 0.15) is 43.0 Å². The average molecular weight is 317 g/mol. The molecule has 2 nitrogen and oxygen atoms in total. The molecular formula is C22H23NO. The summed E-state index contributed by atoms with van der Waals surface area (Å²) in [7, 11) is 0. The standard InChI is InChI=1S/C22H23NO/c1-22(2,3)20-11-8-17(9-12-20)10-13-21(24)23-15-14-18-6-4-5-7-19(18)16-23/h4-9,11-12H,14-16H2,1-3H3. The molecule has 2 heteroatoms. The largest absolute Gasteiger partial charge is 0.327 e. The maximum atomic E-state index is 12.4. The van der Waals surface area contributed by atoms with Gasteiger partial charge in [0, 0.05) is 24.6 Å². The van der Waals surface area contributed by atoms with Crippen molar-refractivity contribution in [2.24, 2.45) is 0 Å². The molecule has 0 saturated carbocycles. The lowest BCUT2D eigenvalue weighted by Crippen LogP contribution is -2.35. The molecule has 0 N–H and O–H groups in total. The van der Waals surface area contributed by atoms with Gasteiger partial charge in [-0.05, 0) is 40.7 Å². The van der Waals surface area contributed by atoms with Crippen LogP contribution in [0.2, 0.25) is 0 Å². The fourth-order valence-corrected chi connectivity index (χ4v) is 2.93. The molecule has 2 aromatic carbocycles. The van der Waals surface area contributed by atoms with E-state index in [1.54, 1.807) is 0 Å². The smallest absolute Gasteiger partial charge is 0.299 e. The molecule has 122 valence electrons. The minimum absolute atomic E-state index is 0.0931. The molecule has 2 aromatic rings. The van der Waals surface area contributed by atoms with E-state index in [1.165, 1.54) is 16.7 Å². The Hall–Kier alpha value is -2.53. The number of carbonyl (C=O) groups excluding carboxylic acids is 1. The van der Waals surface area contributed by atoms with E-state index in [0.717, 1.165) is 18.5 Å². The third kappa shape index (κ3) is 3.68. The van der Waals surface area contributed by atoms with Crippen LogP contribution < -0.4 is 0 Å². The van der Waals surface area contributed by atoms with Gasteiger partial charge in [-0.25, -0.2) is 0 Å². The van der Waals surface area contributed by atoms with Crippen molar-refractivity contribution >= 4 is 5.91 Å². The SMILES string of the molecule is CC(C)(C)c1ccc(C#CC(=O)N2CCc3ccccc3C2)cc1. The highest BCUT2D eigenvalue weighted by molar-refractivity contribution is 5.94. The van der Waals surface area contributed by atoms with Gasteiger partial charge in [0.05, 0.1) is 0 Å². The van der Waals surface area contributed by atoms with E-state index in [9.17, 15) is 4.79 Å². The van der Waals surface area contributed by atoms with Gasteiger partial charge in [0.1, 0.15) is 0 Å². The monoisotopic (exact) mass is 317 g/mol. The van der Waals surface area contributed by atoms with Crippen LogP contribution in [0.5, 0.6) is 0 Å². The average Bonchev–Trinajstić information content (AvgIpc) is 2.59. The van der Waals surface area contributed by atoms with Crippen LogP contribution in [-0.4, -0.2) is 17.4 Å². The quantitative estimate of drug-likeness (QED) is 0.674. The molecule has 0 fully saturated rings. The third-order valence-electron chi connectivity index (χ3n) is 4.48. The molecule has 1 aliphatic rings. The number of amides is 1. The second-order valence-corrected chi connectivity index (χ2v) is 7.32. The van der Waals surface area contributed by atoms with Crippen LogP contribution in [0.15, 0.2) is 48.5 Å². The minimum Gasteiger partial charge on any atom is -0.327 e. The van der Waals surface area contributed by atoms with E-state index in [2.05, 4.69) is 62.9 Å². The summed E-state index contributed by atoms with van der Waals surface area (Å²) in [4.78, 5) is 14.2. The molecule has 1 heterocycles.